The van der Waals surface area contributed by atoms with Gasteiger partial charge in [-0.15, -0.1) is 0 Å². The predicted octanol–water partition coefficient (Wildman–Crippen LogP) is 3.23. The van der Waals surface area contributed by atoms with E-state index >= 15 is 0 Å². The van der Waals surface area contributed by atoms with Crippen LogP contribution in [0.1, 0.15) is 44.0 Å². The molecule has 3 nitrogen and oxygen atoms in total. The minimum absolute atomic E-state index is 0.0325. The van der Waals surface area contributed by atoms with Crippen LogP contribution >= 0.6 is 0 Å². The van der Waals surface area contributed by atoms with Crippen LogP contribution in [0, 0.1) is 0 Å². The maximum Gasteiger partial charge on any atom is 0.159 e. The average molecular weight is 248 g/mol. The molecule has 1 aromatic rings. The number of Topliss-reactive ketones (excluding diaryl/α,β-unsaturated/α-hetero) is 1. The van der Waals surface area contributed by atoms with Crippen molar-refractivity contribution in [3.05, 3.63) is 29.8 Å². The van der Waals surface area contributed by atoms with E-state index in [4.69, 9.17) is 9.47 Å². The van der Waals surface area contributed by atoms with Gasteiger partial charge < -0.3 is 9.47 Å². The lowest BCUT2D eigenvalue weighted by atomic mass is 10.1. The van der Waals surface area contributed by atoms with Gasteiger partial charge in [-0.25, -0.2) is 0 Å². The molecule has 1 saturated heterocycles. The molecule has 1 aliphatic heterocycles. The Labute approximate surface area is 108 Å². The van der Waals surface area contributed by atoms with Crippen molar-refractivity contribution in [3.63, 3.8) is 0 Å². The first kappa shape index (κ1) is 13.1. The molecule has 1 atom stereocenters. The Balaban J connectivity index is 1.91. The van der Waals surface area contributed by atoms with E-state index in [9.17, 15) is 4.79 Å². The maximum absolute atomic E-state index is 11.3. The van der Waals surface area contributed by atoms with Crippen LogP contribution in [0.3, 0.4) is 0 Å². The van der Waals surface area contributed by atoms with E-state index < -0.39 is 0 Å². The van der Waals surface area contributed by atoms with Crippen molar-refractivity contribution >= 4 is 5.78 Å². The monoisotopic (exact) mass is 248 g/mol. The predicted molar refractivity (Wildman–Crippen MR) is 70.1 cm³/mol. The molecule has 0 spiro atoms. The summed E-state index contributed by atoms with van der Waals surface area (Å²) in [5, 5.41) is 0. The SMILES string of the molecule is CC(=O)c1cccc(OCC2CCC(C)(C)O2)c1. The van der Waals surface area contributed by atoms with Gasteiger partial charge in [-0.1, -0.05) is 12.1 Å². The molecule has 0 aliphatic carbocycles. The second kappa shape index (κ2) is 5.11. The molecule has 1 unspecified atom stereocenters. The molecule has 0 aromatic heterocycles. The first-order valence-electron chi connectivity index (χ1n) is 6.38. The Kier molecular flexibility index (Phi) is 3.71. The van der Waals surface area contributed by atoms with Crippen molar-refractivity contribution in [1.29, 1.82) is 0 Å². The average Bonchev–Trinajstić information content (AvgIpc) is 2.67. The summed E-state index contributed by atoms with van der Waals surface area (Å²) < 4.78 is 11.6. The highest BCUT2D eigenvalue weighted by Gasteiger charge is 2.31. The number of hydrogen-bond acceptors (Lipinski definition) is 3. The van der Waals surface area contributed by atoms with Crippen molar-refractivity contribution in [3.8, 4) is 5.75 Å². The van der Waals surface area contributed by atoms with E-state index in [0.717, 1.165) is 18.6 Å². The summed E-state index contributed by atoms with van der Waals surface area (Å²) in [5.74, 6) is 0.787. The molecule has 0 N–H and O–H groups in total. The number of benzene rings is 1. The first-order chi connectivity index (χ1) is 8.46. The van der Waals surface area contributed by atoms with Gasteiger partial charge in [0.2, 0.25) is 0 Å². The molecule has 1 aromatic carbocycles. The summed E-state index contributed by atoms with van der Waals surface area (Å²) in [6, 6.07) is 7.28. The number of carbonyl (C=O) groups is 1. The Hall–Kier alpha value is -1.35. The van der Waals surface area contributed by atoms with E-state index in [-0.39, 0.29) is 17.5 Å². The lowest BCUT2D eigenvalue weighted by molar-refractivity contribution is -0.0326. The number of rotatable bonds is 4. The smallest absolute Gasteiger partial charge is 0.159 e. The molecule has 3 heteroatoms. The van der Waals surface area contributed by atoms with Gasteiger partial charge in [0.15, 0.2) is 5.78 Å². The van der Waals surface area contributed by atoms with Crippen LogP contribution in [-0.4, -0.2) is 24.1 Å². The topological polar surface area (TPSA) is 35.5 Å². The zero-order valence-corrected chi connectivity index (χ0v) is 11.2. The van der Waals surface area contributed by atoms with Crippen LogP contribution in [0.2, 0.25) is 0 Å². The summed E-state index contributed by atoms with van der Waals surface area (Å²) in [5.41, 5.74) is 0.648. The highest BCUT2D eigenvalue weighted by atomic mass is 16.6. The molecular formula is C15H20O3. The first-order valence-corrected chi connectivity index (χ1v) is 6.38. The van der Waals surface area contributed by atoms with Gasteiger partial charge in [-0.05, 0) is 45.7 Å². The molecule has 1 heterocycles. The van der Waals surface area contributed by atoms with Crippen LogP contribution in [0.5, 0.6) is 5.75 Å². The zero-order valence-electron chi connectivity index (χ0n) is 11.2. The van der Waals surface area contributed by atoms with Crippen molar-refractivity contribution < 1.29 is 14.3 Å². The standard InChI is InChI=1S/C15H20O3/c1-11(16)12-5-4-6-13(9-12)17-10-14-7-8-15(2,3)18-14/h4-6,9,14H,7-8,10H2,1-3H3. The molecule has 1 fully saturated rings. The second-order valence-corrected chi connectivity index (χ2v) is 5.43. The van der Waals surface area contributed by atoms with E-state index in [2.05, 4.69) is 13.8 Å². The molecule has 98 valence electrons. The van der Waals surface area contributed by atoms with E-state index in [0.29, 0.717) is 12.2 Å². The van der Waals surface area contributed by atoms with Crippen molar-refractivity contribution in [2.45, 2.75) is 45.3 Å². The van der Waals surface area contributed by atoms with Crippen LogP contribution < -0.4 is 4.74 Å². The third kappa shape index (κ3) is 3.33. The zero-order chi connectivity index (χ0) is 13.2. The van der Waals surface area contributed by atoms with Crippen molar-refractivity contribution in [2.75, 3.05) is 6.61 Å². The lowest BCUT2D eigenvalue weighted by Gasteiger charge is -2.19. The number of hydrogen-bond donors (Lipinski definition) is 0. The van der Waals surface area contributed by atoms with Gasteiger partial charge in [0.25, 0.3) is 0 Å². The fourth-order valence-corrected chi connectivity index (χ4v) is 2.19. The Morgan fingerprint density at radius 2 is 2.28 bits per heavy atom. The molecule has 18 heavy (non-hydrogen) atoms. The fourth-order valence-electron chi connectivity index (χ4n) is 2.19. The lowest BCUT2D eigenvalue weighted by Crippen LogP contribution is -2.23. The Morgan fingerprint density at radius 3 is 2.89 bits per heavy atom. The van der Waals surface area contributed by atoms with E-state index in [1.54, 1.807) is 19.1 Å². The molecule has 0 radical (unpaired) electrons. The van der Waals surface area contributed by atoms with Gasteiger partial charge in [0, 0.05) is 5.56 Å². The highest BCUT2D eigenvalue weighted by Crippen LogP contribution is 2.29. The molecule has 2 rings (SSSR count). The minimum Gasteiger partial charge on any atom is -0.491 e. The molecule has 0 amide bonds. The van der Waals surface area contributed by atoms with Crippen LogP contribution in [0.15, 0.2) is 24.3 Å². The van der Waals surface area contributed by atoms with Crippen molar-refractivity contribution in [2.24, 2.45) is 0 Å². The van der Waals surface area contributed by atoms with Crippen LogP contribution in [0.4, 0.5) is 0 Å². The van der Waals surface area contributed by atoms with Gasteiger partial charge in [-0.2, -0.15) is 0 Å². The number of ketones is 1. The van der Waals surface area contributed by atoms with Crippen LogP contribution in [-0.2, 0) is 4.74 Å². The quantitative estimate of drug-likeness (QED) is 0.767. The number of ether oxygens (including phenoxy) is 2. The van der Waals surface area contributed by atoms with E-state index in [1.165, 1.54) is 0 Å². The van der Waals surface area contributed by atoms with Gasteiger partial charge in [-0.3, -0.25) is 4.79 Å². The van der Waals surface area contributed by atoms with Gasteiger partial charge in [0.1, 0.15) is 12.4 Å². The fraction of sp³-hybridized carbons (Fsp3) is 0.533. The molecule has 0 saturated carbocycles. The van der Waals surface area contributed by atoms with Gasteiger partial charge in [0.05, 0.1) is 11.7 Å². The third-order valence-corrected chi connectivity index (χ3v) is 3.23. The minimum atomic E-state index is -0.0325. The molecular weight excluding hydrogens is 228 g/mol. The maximum atomic E-state index is 11.3. The third-order valence-electron chi connectivity index (χ3n) is 3.23. The number of carbonyl (C=O) groups excluding carboxylic acids is 1. The van der Waals surface area contributed by atoms with Crippen LogP contribution in [0.25, 0.3) is 0 Å². The van der Waals surface area contributed by atoms with Crippen molar-refractivity contribution in [1.82, 2.24) is 0 Å². The van der Waals surface area contributed by atoms with Gasteiger partial charge >= 0.3 is 0 Å². The molecule has 1 aliphatic rings. The summed E-state index contributed by atoms with van der Waals surface area (Å²) >= 11 is 0. The largest absolute Gasteiger partial charge is 0.491 e. The Morgan fingerprint density at radius 1 is 1.50 bits per heavy atom. The normalized spacial score (nSPS) is 21.8. The summed E-state index contributed by atoms with van der Waals surface area (Å²) in [7, 11) is 0. The molecule has 0 bridgehead atoms. The second-order valence-electron chi connectivity index (χ2n) is 5.43. The summed E-state index contributed by atoms with van der Waals surface area (Å²) in [4.78, 5) is 11.3. The highest BCUT2D eigenvalue weighted by molar-refractivity contribution is 5.94. The summed E-state index contributed by atoms with van der Waals surface area (Å²) in [6.45, 7) is 6.30. The Bertz CT molecular complexity index is 437. The van der Waals surface area contributed by atoms with E-state index in [1.807, 2.05) is 12.1 Å². The summed E-state index contributed by atoms with van der Waals surface area (Å²) in [6.07, 6.45) is 2.24.